The van der Waals surface area contributed by atoms with Crippen LogP contribution in [0.15, 0.2) is 96.0 Å². The van der Waals surface area contributed by atoms with E-state index in [9.17, 15) is 10.1 Å². The number of nitro groups is 1. The third kappa shape index (κ3) is 5.22. The number of hydrogen-bond acceptors (Lipinski definition) is 4. The molecule has 4 rings (SSSR count). The van der Waals surface area contributed by atoms with Gasteiger partial charge < -0.3 is 11.1 Å². The summed E-state index contributed by atoms with van der Waals surface area (Å²) < 4.78 is 0. The SMILES string of the molecule is Cl.NC(=NCc1ccccc1)c1ccc(NCc2cccc3ccccc23)c([N+](=O)[O-])c1. The fourth-order valence-corrected chi connectivity index (χ4v) is 3.48. The molecule has 0 radical (unpaired) electrons. The average molecular weight is 447 g/mol. The zero-order chi connectivity index (χ0) is 21.6. The molecular weight excluding hydrogens is 424 g/mol. The second-order valence-corrected chi connectivity index (χ2v) is 7.17. The molecule has 0 bridgehead atoms. The quantitative estimate of drug-likeness (QED) is 0.165. The zero-order valence-corrected chi connectivity index (χ0v) is 18.1. The highest BCUT2D eigenvalue weighted by Gasteiger charge is 2.16. The van der Waals surface area contributed by atoms with Gasteiger partial charge in [-0.25, -0.2) is 0 Å². The molecular formula is C25H23ClN4O2. The van der Waals surface area contributed by atoms with Crippen molar-refractivity contribution in [2.75, 3.05) is 5.32 Å². The predicted octanol–water partition coefficient (Wildman–Crippen LogP) is 5.69. The number of rotatable bonds is 7. The van der Waals surface area contributed by atoms with Gasteiger partial charge in [0.15, 0.2) is 0 Å². The van der Waals surface area contributed by atoms with E-state index >= 15 is 0 Å². The van der Waals surface area contributed by atoms with Crippen LogP contribution < -0.4 is 11.1 Å². The van der Waals surface area contributed by atoms with E-state index in [1.165, 1.54) is 6.07 Å². The number of amidine groups is 1. The summed E-state index contributed by atoms with van der Waals surface area (Å²) in [5, 5.41) is 17.1. The maximum absolute atomic E-state index is 11.7. The van der Waals surface area contributed by atoms with E-state index in [0.29, 0.717) is 24.3 Å². The number of benzene rings is 4. The number of halogens is 1. The third-order valence-electron chi connectivity index (χ3n) is 5.11. The lowest BCUT2D eigenvalue weighted by molar-refractivity contribution is -0.384. The summed E-state index contributed by atoms with van der Waals surface area (Å²) in [4.78, 5) is 15.7. The number of nitro benzene ring substituents is 1. The Kier molecular flexibility index (Phi) is 7.41. The molecule has 0 unspecified atom stereocenters. The van der Waals surface area contributed by atoms with Crippen LogP contribution >= 0.6 is 12.4 Å². The minimum atomic E-state index is -0.403. The van der Waals surface area contributed by atoms with Gasteiger partial charge in [-0.3, -0.25) is 15.1 Å². The molecule has 0 spiro atoms. The van der Waals surface area contributed by atoms with E-state index < -0.39 is 4.92 Å². The molecule has 0 atom stereocenters. The van der Waals surface area contributed by atoms with Crippen molar-refractivity contribution < 1.29 is 4.92 Å². The Morgan fingerprint density at radius 2 is 1.66 bits per heavy atom. The Hall–Kier alpha value is -3.90. The van der Waals surface area contributed by atoms with Gasteiger partial charge in [0, 0.05) is 18.2 Å². The first-order valence-corrected chi connectivity index (χ1v) is 9.95. The highest BCUT2D eigenvalue weighted by Crippen LogP contribution is 2.27. The van der Waals surface area contributed by atoms with Gasteiger partial charge in [0.1, 0.15) is 11.5 Å². The maximum Gasteiger partial charge on any atom is 0.293 e. The summed E-state index contributed by atoms with van der Waals surface area (Å²) in [5.74, 6) is 0.271. The van der Waals surface area contributed by atoms with Crippen molar-refractivity contribution >= 4 is 40.4 Å². The minimum Gasteiger partial charge on any atom is -0.383 e. The molecule has 3 N–H and O–H groups in total. The summed E-state index contributed by atoms with van der Waals surface area (Å²) in [6, 6.07) is 28.8. The number of aliphatic imine (C=N–C) groups is 1. The van der Waals surface area contributed by atoms with Crippen molar-refractivity contribution in [1.29, 1.82) is 0 Å². The molecule has 7 heteroatoms. The molecule has 0 saturated heterocycles. The number of nitrogens with two attached hydrogens (primary N) is 1. The monoisotopic (exact) mass is 446 g/mol. The van der Waals surface area contributed by atoms with Crippen LogP contribution in [0.5, 0.6) is 0 Å². The second-order valence-electron chi connectivity index (χ2n) is 7.17. The van der Waals surface area contributed by atoms with Gasteiger partial charge in [-0.1, -0.05) is 72.8 Å². The van der Waals surface area contributed by atoms with Gasteiger partial charge in [0.25, 0.3) is 5.69 Å². The van der Waals surface area contributed by atoms with E-state index in [2.05, 4.69) is 10.3 Å². The lowest BCUT2D eigenvalue weighted by atomic mass is 10.0. The highest BCUT2D eigenvalue weighted by atomic mass is 35.5. The molecule has 32 heavy (non-hydrogen) atoms. The zero-order valence-electron chi connectivity index (χ0n) is 17.3. The van der Waals surface area contributed by atoms with E-state index in [-0.39, 0.29) is 23.9 Å². The fourth-order valence-electron chi connectivity index (χ4n) is 3.48. The summed E-state index contributed by atoms with van der Waals surface area (Å²) in [6.45, 7) is 0.890. The van der Waals surface area contributed by atoms with E-state index in [4.69, 9.17) is 5.73 Å². The normalized spacial score (nSPS) is 11.1. The molecule has 0 heterocycles. The van der Waals surface area contributed by atoms with Crippen molar-refractivity contribution in [1.82, 2.24) is 0 Å². The number of nitrogens with zero attached hydrogens (tertiary/aromatic N) is 2. The molecule has 0 aliphatic heterocycles. The molecule has 0 aliphatic carbocycles. The van der Waals surface area contributed by atoms with Gasteiger partial charge in [0.2, 0.25) is 0 Å². The molecule has 0 aliphatic rings. The van der Waals surface area contributed by atoms with Gasteiger partial charge in [-0.05, 0) is 34.0 Å². The van der Waals surface area contributed by atoms with Crippen molar-refractivity contribution in [3.05, 3.63) is 118 Å². The van der Waals surface area contributed by atoms with Gasteiger partial charge in [-0.2, -0.15) is 0 Å². The molecule has 162 valence electrons. The number of fused-ring (bicyclic) bond motifs is 1. The van der Waals surface area contributed by atoms with Crippen molar-refractivity contribution in [3.8, 4) is 0 Å². The molecule has 0 saturated carbocycles. The van der Waals surface area contributed by atoms with Crippen LogP contribution in [0, 0.1) is 10.1 Å². The van der Waals surface area contributed by atoms with Crippen LogP contribution in [-0.2, 0) is 13.1 Å². The summed E-state index contributed by atoms with van der Waals surface area (Å²) in [6.07, 6.45) is 0. The number of nitrogens with one attached hydrogen (secondary N) is 1. The number of hydrogen-bond donors (Lipinski definition) is 2. The molecule has 4 aromatic rings. The Bertz CT molecular complexity index is 1250. The first-order chi connectivity index (χ1) is 15.1. The lowest BCUT2D eigenvalue weighted by Gasteiger charge is -2.11. The fraction of sp³-hybridized carbons (Fsp3) is 0.0800. The Morgan fingerprint density at radius 3 is 2.44 bits per heavy atom. The second kappa shape index (κ2) is 10.4. The van der Waals surface area contributed by atoms with Crippen LogP contribution in [-0.4, -0.2) is 10.8 Å². The Labute approximate surface area is 192 Å². The third-order valence-corrected chi connectivity index (χ3v) is 5.11. The van der Waals surface area contributed by atoms with Crippen LogP contribution in [0.3, 0.4) is 0 Å². The highest BCUT2D eigenvalue weighted by molar-refractivity contribution is 5.98. The largest absolute Gasteiger partial charge is 0.383 e. The smallest absolute Gasteiger partial charge is 0.293 e. The molecule has 4 aromatic carbocycles. The van der Waals surface area contributed by atoms with Crippen LogP contribution in [0.1, 0.15) is 16.7 Å². The van der Waals surface area contributed by atoms with Crippen LogP contribution in [0.4, 0.5) is 11.4 Å². The molecule has 0 aromatic heterocycles. The number of anilines is 1. The standard InChI is InChI=1S/C25H22N4O2.ClH/c26-25(28-16-18-7-2-1-3-8-18)20-13-14-23(24(15-20)29(30)31)27-17-21-11-6-10-19-9-4-5-12-22(19)21;/h1-15,27H,16-17H2,(H2,26,28);1H. The first kappa shape index (κ1) is 22.8. The molecule has 0 amide bonds. The van der Waals surface area contributed by atoms with Crippen LogP contribution in [0.2, 0.25) is 0 Å². The topological polar surface area (TPSA) is 93.5 Å². The lowest BCUT2D eigenvalue weighted by Crippen LogP contribution is -2.14. The summed E-state index contributed by atoms with van der Waals surface area (Å²) >= 11 is 0. The predicted molar refractivity (Wildman–Crippen MR) is 132 cm³/mol. The van der Waals surface area contributed by atoms with Gasteiger partial charge >= 0.3 is 0 Å². The maximum atomic E-state index is 11.7. The van der Waals surface area contributed by atoms with E-state index in [1.807, 2.05) is 72.8 Å². The van der Waals surface area contributed by atoms with E-state index in [1.54, 1.807) is 12.1 Å². The Balaban J connectivity index is 0.00000289. The average Bonchev–Trinajstić information content (AvgIpc) is 2.81. The first-order valence-electron chi connectivity index (χ1n) is 9.95. The minimum absolute atomic E-state index is 0. The van der Waals surface area contributed by atoms with E-state index in [0.717, 1.165) is 21.9 Å². The molecule has 6 nitrogen and oxygen atoms in total. The van der Waals surface area contributed by atoms with Gasteiger partial charge in [0.05, 0.1) is 11.5 Å². The van der Waals surface area contributed by atoms with Crippen molar-refractivity contribution in [3.63, 3.8) is 0 Å². The van der Waals surface area contributed by atoms with Crippen molar-refractivity contribution in [2.45, 2.75) is 13.1 Å². The molecule has 0 fully saturated rings. The van der Waals surface area contributed by atoms with Crippen molar-refractivity contribution in [2.24, 2.45) is 10.7 Å². The summed E-state index contributed by atoms with van der Waals surface area (Å²) in [5.41, 5.74) is 9.12. The van der Waals surface area contributed by atoms with Gasteiger partial charge in [-0.15, -0.1) is 12.4 Å². The Morgan fingerprint density at radius 1 is 0.938 bits per heavy atom. The van der Waals surface area contributed by atoms with Crippen LogP contribution in [0.25, 0.3) is 10.8 Å². The summed E-state index contributed by atoms with van der Waals surface area (Å²) in [7, 11) is 0.